The van der Waals surface area contributed by atoms with Gasteiger partial charge in [0.15, 0.2) is 0 Å². The molecule has 1 N–H and O–H groups in total. The molecule has 1 unspecified atom stereocenters. The molecular formula is C14H17F3N2O2. The summed E-state index contributed by atoms with van der Waals surface area (Å²) in [6, 6.07) is 2.88. The van der Waals surface area contributed by atoms with Crippen LogP contribution in [0.1, 0.15) is 44.9 Å². The Labute approximate surface area is 120 Å². The molecule has 0 saturated carbocycles. The molecule has 7 heteroatoms. The van der Waals surface area contributed by atoms with E-state index in [0.717, 1.165) is 17.1 Å². The third-order valence-electron chi connectivity index (χ3n) is 2.96. The first-order valence-electron chi connectivity index (χ1n) is 6.49. The molecule has 0 bridgehead atoms. The normalized spacial score (nSPS) is 18.6. The minimum Gasteiger partial charge on any atom is -0.442 e. The number of hydrogen-bond donors (Lipinski definition) is 1. The lowest BCUT2D eigenvalue weighted by Gasteiger charge is -2.25. The first kappa shape index (κ1) is 15.6. The molecule has 1 aromatic carbocycles. The van der Waals surface area contributed by atoms with Crippen LogP contribution in [0.3, 0.4) is 0 Å². The second-order valence-corrected chi connectivity index (χ2v) is 5.94. The number of anilines is 1. The van der Waals surface area contributed by atoms with Crippen molar-refractivity contribution in [1.82, 2.24) is 5.43 Å². The molecule has 116 valence electrons. The molecule has 4 nitrogen and oxygen atoms in total. The number of benzene rings is 1. The van der Waals surface area contributed by atoms with E-state index in [9.17, 15) is 18.0 Å². The maximum absolute atomic E-state index is 12.7. The number of halogens is 3. The summed E-state index contributed by atoms with van der Waals surface area (Å²) in [5.41, 5.74) is 2.18. The molecule has 1 atom stereocenters. The van der Waals surface area contributed by atoms with Crippen LogP contribution < -0.4 is 10.4 Å². The lowest BCUT2D eigenvalue weighted by molar-refractivity contribution is -0.137. The molecule has 0 aromatic heterocycles. The number of hydrogen-bond acceptors (Lipinski definition) is 3. The van der Waals surface area contributed by atoms with E-state index in [1.165, 1.54) is 6.07 Å². The van der Waals surface area contributed by atoms with Gasteiger partial charge in [-0.15, -0.1) is 0 Å². The molecule has 2 rings (SSSR count). The fourth-order valence-corrected chi connectivity index (χ4v) is 2.07. The Kier molecular flexibility index (Phi) is 3.65. The zero-order valence-corrected chi connectivity index (χ0v) is 12.2. The number of nitrogens with one attached hydrogen (secondary N) is 1. The van der Waals surface area contributed by atoms with E-state index in [0.29, 0.717) is 11.3 Å². The number of amides is 1. The van der Waals surface area contributed by atoms with Gasteiger partial charge in [0.05, 0.1) is 17.3 Å². The molecule has 21 heavy (non-hydrogen) atoms. The number of alkyl halides is 3. The molecule has 1 aliphatic heterocycles. The SMILES string of the molecule is CC1NN(C(=O)OC(C)(C)C)c2ccc(C(F)(F)F)cc21. The van der Waals surface area contributed by atoms with E-state index >= 15 is 0 Å². The van der Waals surface area contributed by atoms with Crippen LogP contribution in [0, 0.1) is 0 Å². The van der Waals surface area contributed by atoms with E-state index in [-0.39, 0.29) is 0 Å². The highest BCUT2D eigenvalue weighted by molar-refractivity contribution is 5.89. The van der Waals surface area contributed by atoms with E-state index in [4.69, 9.17) is 4.74 Å². The highest BCUT2D eigenvalue weighted by Crippen LogP contribution is 2.38. The maximum atomic E-state index is 12.7. The molecular weight excluding hydrogens is 285 g/mol. The molecule has 1 amide bonds. The van der Waals surface area contributed by atoms with Crippen LogP contribution in [0.25, 0.3) is 0 Å². The van der Waals surface area contributed by atoms with Crippen molar-refractivity contribution in [1.29, 1.82) is 0 Å². The minimum absolute atomic E-state index is 0.379. The molecule has 1 aromatic rings. The third kappa shape index (κ3) is 3.29. The van der Waals surface area contributed by atoms with Gasteiger partial charge in [-0.1, -0.05) is 0 Å². The van der Waals surface area contributed by atoms with E-state index in [1.54, 1.807) is 27.7 Å². The summed E-state index contributed by atoms with van der Waals surface area (Å²) in [5.74, 6) is 0. The van der Waals surface area contributed by atoms with Crippen molar-refractivity contribution < 1.29 is 22.7 Å². The van der Waals surface area contributed by atoms with Gasteiger partial charge in [-0.3, -0.25) is 0 Å². The number of carbonyl (C=O) groups is 1. The predicted octanol–water partition coefficient (Wildman–Crippen LogP) is 4.03. The summed E-state index contributed by atoms with van der Waals surface area (Å²) in [6.07, 6.45) is -5.05. The smallest absolute Gasteiger partial charge is 0.429 e. The second-order valence-electron chi connectivity index (χ2n) is 5.94. The Hall–Kier alpha value is -1.76. The zero-order chi connectivity index (χ0) is 16.0. The van der Waals surface area contributed by atoms with Crippen molar-refractivity contribution in [3.8, 4) is 0 Å². The summed E-state index contributed by atoms with van der Waals surface area (Å²) < 4.78 is 43.4. The summed E-state index contributed by atoms with van der Waals surface area (Å²) in [4.78, 5) is 12.1. The van der Waals surface area contributed by atoms with Crippen LogP contribution in [0.4, 0.5) is 23.7 Å². The topological polar surface area (TPSA) is 41.6 Å². The highest BCUT2D eigenvalue weighted by Gasteiger charge is 2.36. The fraction of sp³-hybridized carbons (Fsp3) is 0.500. The van der Waals surface area contributed by atoms with Crippen LogP contribution >= 0.6 is 0 Å². The average Bonchev–Trinajstić information content (AvgIpc) is 2.63. The van der Waals surface area contributed by atoms with Gasteiger partial charge in [0.25, 0.3) is 0 Å². The van der Waals surface area contributed by atoms with Crippen molar-refractivity contribution >= 4 is 11.8 Å². The molecule has 0 saturated heterocycles. The van der Waals surface area contributed by atoms with Gasteiger partial charge >= 0.3 is 12.3 Å². The second kappa shape index (κ2) is 4.91. The molecule has 0 radical (unpaired) electrons. The molecule has 0 spiro atoms. The first-order valence-corrected chi connectivity index (χ1v) is 6.49. The van der Waals surface area contributed by atoms with Gasteiger partial charge in [-0.05, 0) is 51.5 Å². The van der Waals surface area contributed by atoms with E-state index in [2.05, 4.69) is 5.43 Å². The Bertz CT molecular complexity index is 564. The quantitative estimate of drug-likeness (QED) is 0.787. The van der Waals surface area contributed by atoms with Gasteiger partial charge in [-0.2, -0.15) is 13.2 Å². The minimum atomic E-state index is -4.41. The summed E-state index contributed by atoms with van der Waals surface area (Å²) in [7, 11) is 0. The van der Waals surface area contributed by atoms with Crippen LogP contribution in [0.15, 0.2) is 18.2 Å². The number of fused-ring (bicyclic) bond motifs is 1. The van der Waals surface area contributed by atoms with Gasteiger partial charge in [-0.25, -0.2) is 15.2 Å². The maximum Gasteiger partial charge on any atom is 0.429 e. The van der Waals surface area contributed by atoms with Gasteiger partial charge < -0.3 is 4.74 Å². The van der Waals surface area contributed by atoms with Gasteiger partial charge in [0.2, 0.25) is 0 Å². The lowest BCUT2D eigenvalue weighted by Crippen LogP contribution is -2.42. The van der Waals surface area contributed by atoms with E-state index < -0.39 is 29.5 Å². The van der Waals surface area contributed by atoms with Crippen LogP contribution in [0.5, 0.6) is 0 Å². The van der Waals surface area contributed by atoms with Crippen LogP contribution in [-0.4, -0.2) is 11.7 Å². The van der Waals surface area contributed by atoms with Crippen molar-refractivity contribution in [2.24, 2.45) is 0 Å². The van der Waals surface area contributed by atoms with Crippen molar-refractivity contribution in [3.63, 3.8) is 0 Å². The number of carbonyl (C=O) groups excluding carboxylic acids is 1. The average molecular weight is 302 g/mol. The van der Waals surface area contributed by atoms with Crippen molar-refractivity contribution in [3.05, 3.63) is 29.3 Å². The van der Waals surface area contributed by atoms with Gasteiger partial charge in [0, 0.05) is 0 Å². The van der Waals surface area contributed by atoms with Crippen molar-refractivity contribution in [2.45, 2.75) is 45.5 Å². The predicted molar refractivity (Wildman–Crippen MR) is 71.7 cm³/mol. The highest BCUT2D eigenvalue weighted by atomic mass is 19.4. The Morgan fingerprint density at radius 2 is 1.90 bits per heavy atom. The molecule has 1 aliphatic rings. The molecule has 1 heterocycles. The monoisotopic (exact) mass is 302 g/mol. The zero-order valence-electron chi connectivity index (χ0n) is 12.2. The Balaban J connectivity index is 2.32. The largest absolute Gasteiger partial charge is 0.442 e. The number of ether oxygens (including phenoxy) is 1. The molecule has 0 fully saturated rings. The summed E-state index contributed by atoms with van der Waals surface area (Å²) in [6.45, 7) is 6.84. The fourth-order valence-electron chi connectivity index (χ4n) is 2.07. The number of hydrazine groups is 1. The standard InChI is InChI=1S/C14H17F3N2O2/c1-8-10-7-9(14(15,16)17)5-6-11(10)19(18-8)12(20)21-13(2,3)4/h5-8,18H,1-4H3. The first-order chi connectivity index (χ1) is 9.49. The number of rotatable bonds is 0. The Morgan fingerprint density at radius 3 is 2.43 bits per heavy atom. The van der Waals surface area contributed by atoms with Crippen LogP contribution in [0.2, 0.25) is 0 Å². The summed E-state index contributed by atoms with van der Waals surface area (Å²) in [5, 5.41) is 1.14. The third-order valence-corrected chi connectivity index (χ3v) is 2.96. The van der Waals surface area contributed by atoms with Crippen molar-refractivity contribution in [2.75, 3.05) is 5.01 Å². The van der Waals surface area contributed by atoms with Gasteiger partial charge in [0.1, 0.15) is 5.60 Å². The Morgan fingerprint density at radius 1 is 1.29 bits per heavy atom. The van der Waals surface area contributed by atoms with Crippen LogP contribution in [-0.2, 0) is 10.9 Å². The van der Waals surface area contributed by atoms with E-state index in [1.807, 2.05) is 0 Å². The lowest BCUT2D eigenvalue weighted by atomic mass is 10.0. The summed E-state index contributed by atoms with van der Waals surface area (Å²) >= 11 is 0. The molecule has 0 aliphatic carbocycles. The number of nitrogens with zero attached hydrogens (tertiary/aromatic N) is 1.